The molecule has 224 valence electrons. The van der Waals surface area contributed by atoms with Gasteiger partial charge in [-0.2, -0.15) is 5.10 Å². The Morgan fingerprint density at radius 3 is 2.56 bits per heavy atom. The molecule has 0 aromatic heterocycles. The third-order valence-corrected chi connectivity index (χ3v) is 7.88. The van der Waals surface area contributed by atoms with Crippen LogP contribution in [0.1, 0.15) is 33.9 Å². The first-order chi connectivity index (χ1) is 21.0. The number of fused-ring (bicyclic) bond motifs is 1. The first kappa shape index (κ1) is 28.6. The molecule has 10 nitrogen and oxygen atoms in total. The number of ether oxygens (including phenoxy) is 4. The second-order valence-corrected chi connectivity index (χ2v) is 10.5. The quantitative estimate of drug-likeness (QED) is 0.376. The molecule has 1 saturated heterocycles. The van der Waals surface area contributed by atoms with Gasteiger partial charge in [0.05, 0.1) is 37.6 Å². The summed E-state index contributed by atoms with van der Waals surface area (Å²) in [5.41, 5.74) is 2.33. The monoisotopic (exact) mass is 588 g/mol. The number of hydrogen-bond acceptors (Lipinski definition) is 8. The Labute approximate surface area is 249 Å². The zero-order chi connectivity index (χ0) is 29.8. The maximum atomic E-state index is 14.7. The van der Waals surface area contributed by atoms with E-state index in [1.54, 1.807) is 13.2 Å². The number of hydrazone groups is 1. The SMILES string of the molecule is COc1ccc(C2=NN(C(=O)CN(CCN3CCOCC3)C(=O)c3ccccc3F)[C@H](c3ccc4c(c3)OCO4)C2)cc1. The predicted octanol–water partition coefficient (Wildman–Crippen LogP) is 3.72. The average Bonchev–Trinajstić information content (AvgIpc) is 3.71. The van der Waals surface area contributed by atoms with Gasteiger partial charge in [0.15, 0.2) is 11.5 Å². The molecule has 0 bridgehead atoms. The molecule has 0 N–H and O–H groups in total. The smallest absolute Gasteiger partial charge is 0.262 e. The maximum absolute atomic E-state index is 14.7. The fourth-order valence-corrected chi connectivity index (χ4v) is 5.46. The van der Waals surface area contributed by atoms with E-state index < -0.39 is 17.8 Å². The summed E-state index contributed by atoms with van der Waals surface area (Å²) in [4.78, 5) is 31.2. The van der Waals surface area contributed by atoms with Gasteiger partial charge in [-0.05, 0) is 59.7 Å². The van der Waals surface area contributed by atoms with Crippen LogP contribution in [0.2, 0.25) is 0 Å². The molecule has 43 heavy (non-hydrogen) atoms. The van der Waals surface area contributed by atoms with E-state index in [0.717, 1.165) is 29.9 Å². The van der Waals surface area contributed by atoms with Crippen LogP contribution in [0.4, 0.5) is 4.39 Å². The summed E-state index contributed by atoms with van der Waals surface area (Å²) in [6.45, 7) is 3.31. The highest BCUT2D eigenvalue weighted by atomic mass is 19.1. The molecular weight excluding hydrogens is 555 g/mol. The van der Waals surface area contributed by atoms with E-state index in [2.05, 4.69) is 4.90 Å². The number of benzene rings is 3. The first-order valence-corrected chi connectivity index (χ1v) is 14.3. The van der Waals surface area contributed by atoms with E-state index in [9.17, 15) is 14.0 Å². The fourth-order valence-electron chi connectivity index (χ4n) is 5.46. The summed E-state index contributed by atoms with van der Waals surface area (Å²) in [5, 5.41) is 6.20. The first-order valence-electron chi connectivity index (χ1n) is 14.3. The van der Waals surface area contributed by atoms with Crippen LogP contribution in [0.3, 0.4) is 0 Å². The van der Waals surface area contributed by atoms with Gasteiger partial charge in [-0.15, -0.1) is 0 Å². The lowest BCUT2D eigenvalue weighted by Crippen LogP contribution is -2.46. The van der Waals surface area contributed by atoms with Crippen LogP contribution in [-0.4, -0.2) is 92.2 Å². The Bertz CT molecular complexity index is 1510. The molecule has 0 unspecified atom stereocenters. The summed E-state index contributed by atoms with van der Waals surface area (Å²) >= 11 is 0. The molecule has 3 aliphatic rings. The number of halogens is 1. The van der Waals surface area contributed by atoms with Gasteiger partial charge < -0.3 is 23.8 Å². The Morgan fingerprint density at radius 2 is 1.79 bits per heavy atom. The number of carbonyl (C=O) groups excluding carboxylic acids is 2. The van der Waals surface area contributed by atoms with Crippen LogP contribution < -0.4 is 14.2 Å². The van der Waals surface area contributed by atoms with Crippen molar-refractivity contribution >= 4 is 17.5 Å². The van der Waals surface area contributed by atoms with Crippen molar-refractivity contribution in [2.75, 3.05) is 59.8 Å². The molecule has 0 aliphatic carbocycles. The summed E-state index contributed by atoms with van der Waals surface area (Å²) in [6, 6.07) is 18.5. The van der Waals surface area contributed by atoms with Crippen LogP contribution in [0.15, 0.2) is 71.8 Å². The molecule has 0 spiro atoms. The molecule has 0 saturated carbocycles. The fraction of sp³-hybridized carbons (Fsp3) is 0.344. The number of hydrogen-bond donors (Lipinski definition) is 0. The Balaban J connectivity index is 1.28. The van der Waals surface area contributed by atoms with Gasteiger partial charge >= 0.3 is 0 Å². The van der Waals surface area contributed by atoms with Gasteiger partial charge in [-0.1, -0.05) is 18.2 Å². The summed E-state index contributed by atoms with van der Waals surface area (Å²) in [6.07, 6.45) is 0.451. The second-order valence-electron chi connectivity index (χ2n) is 10.5. The topological polar surface area (TPSA) is 93.1 Å². The van der Waals surface area contributed by atoms with Gasteiger partial charge in [0, 0.05) is 32.6 Å². The predicted molar refractivity (Wildman–Crippen MR) is 156 cm³/mol. The zero-order valence-electron chi connectivity index (χ0n) is 23.9. The zero-order valence-corrected chi connectivity index (χ0v) is 23.9. The maximum Gasteiger partial charge on any atom is 0.262 e. The molecule has 0 radical (unpaired) electrons. The van der Waals surface area contributed by atoms with E-state index in [0.29, 0.717) is 43.4 Å². The van der Waals surface area contributed by atoms with Crippen LogP contribution in [-0.2, 0) is 9.53 Å². The third-order valence-electron chi connectivity index (χ3n) is 7.88. The van der Waals surface area contributed by atoms with Crippen molar-refractivity contribution in [3.05, 3.63) is 89.2 Å². The number of nitrogens with zero attached hydrogens (tertiary/aromatic N) is 4. The van der Waals surface area contributed by atoms with Gasteiger partial charge in [0.2, 0.25) is 6.79 Å². The number of carbonyl (C=O) groups is 2. The van der Waals surface area contributed by atoms with E-state index in [4.69, 9.17) is 24.0 Å². The lowest BCUT2D eigenvalue weighted by atomic mass is 9.98. The van der Waals surface area contributed by atoms with E-state index in [-0.39, 0.29) is 31.4 Å². The number of rotatable bonds is 9. The molecule has 2 amide bonds. The van der Waals surface area contributed by atoms with Crippen LogP contribution in [0.5, 0.6) is 17.2 Å². The van der Waals surface area contributed by atoms with Crippen molar-refractivity contribution in [2.24, 2.45) is 5.10 Å². The molecule has 1 fully saturated rings. The molecule has 3 heterocycles. The molecular formula is C32H33FN4O6. The van der Waals surface area contributed by atoms with Crippen molar-refractivity contribution in [3.63, 3.8) is 0 Å². The van der Waals surface area contributed by atoms with Crippen molar-refractivity contribution < 1.29 is 32.9 Å². The highest BCUT2D eigenvalue weighted by molar-refractivity contribution is 6.04. The van der Waals surface area contributed by atoms with Crippen molar-refractivity contribution in [2.45, 2.75) is 12.5 Å². The Kier molecular flexibility index (Phi) is 8.52. The number of methoxy groups -OCH3 is 1. The number of morpholine rings is 1. The normalized spacial score (nSPS) is 18.0. The molecule has 6 rings (SSSR count). The van der Waals surface area contributed by atoms with Crippen LogP contribution in [0.25, 0.3) is 0 Å². The second kappa shape index (κ2) is 12.8. The molecule has 3 aromatic carbocycles. The van der Waals surface area contributed by atoms with Crippen molar-refractivity contribution in [1.29, 1.82) is 0 Å². The Morgan fingerprint density at radius 1 is 1.02 bits per heavy atom. The average molecular weight is 589 g/mol. The summed E-state index contributed by atoms with van der Waals surface area (Å²) < 4.78 is 36.5. The van der Waals surface area contributed by atoms with E-state index in [1.807, 2.05) is 42.5 Å². The molecule has 1 atom stereocenters. The van der Waals surface area contributed by atoms with Gasteiger partial charge in [0.1, 0.15) is 18.1 Å². The van der Waals surface area contributed by atoms with Crippen LogP contribution in [0, 0.1) is 5.82 Å². The highest BCUT2D eigenvalue weighted by Crippen LogP contribution is 2.39. The van der Waals surface area contributed by atoms with E-state index in [1.165, 1.54) is 28.1 Å². The van der Waals surface area contributed by atoms with E-state index >= 15 is 0 Å². The van der Waals surface area contributed by atoms with Gasteiger partial charge in [-0.3, -0.25) is 14.5 Å². The lowest BCUT2D eigenvalue weighted by molar-refractivity contribution is -0.133. The lowest BCUT2D eigenvalue weighted by Gasteiger charge is -2.31. The van der Waals surface area contributed by atoms with Crippen molar-refractivity contribution in [3.8, 4) is 17.2 Å². The van der Waals surface area contributed by atoms with Crippen LogP contribution >= 0.6 is 0 Å². The highest BCUT2D eigenvalue weighted by Gasteiger charge is 2.36. The minimum Gasteiger partial charge on any atom is -0.497 e. The van der Waals surface area contributed by atoms with Crippen molar-refractivity contribution in [1.82, 2.24) is 14.8 Å². The minimum atomic E-state index is -0.629. The summed E-state index contributed by atoms with van der Waals surface area (Å²) in [7, 11) is 1.60. The van der Waals surface area contributed by atoms with Gasteiger partial charge in [0.25, 0.3) is 11.8 Å². The third kappa shape index (κ3) is 6.32. The molecule has 3 aromatic rings. The Hall–Kier alpha value is -4.48. The number of amides is 2. The standard InChI is InChI=1S/C32H33FN4O6/c1-40-24-9-6-22(7-10-24)27-19-28(23-8-11-29-30(18-23)43-21-42-29)37(34-27)31(38)20-36(13-12-35-14-16-41-17-15-35)32(39)25-4-2-3-5-26(25)33/h2-11,18,28H,12-17,19-21H2,1H3/t28-/m0/s1. The van der Waals surface area contributed by atoms with Gasteiger partial charge in [-0.25, -0.2) is 9.40 Å². The summed E-state index contributed by atoms with van der Waals surface area (Å²) in [5.74, 6) is 0.404. The molecule has 3 aliphatic heterocycles. The molecule has 11 heteroatoms. The largest absolute Gasteiger partial charge is 0.497 e. The minimum absolute atomic E-state index is 0.0755.